The number of benzene rings is 2. The Morgan fingerprint density at radius 1 is 0.569 bits per heavy atom. The number of anilines is 2. The van der Waals surface area contributed by atoms with Gasteiger partial charge in [0.2, 0.25) is 0 Å². The Kier molecular flexibility index (Phi) is 14.1. The first-order valence-electron chi connectivity index (χ1n) is 19.3. The first-order chi connectivity index (χ1) is 24.0. The molecular formula is C40H60BCl2F4N2PRu. The molecule has 11 heteroatoms. The van der Waals surface area contributed by atoms with Gasteiger partial charge in [0, 0.05) is 0 Å². The number of nitrogens with zero attached hydrogens (tertiary/aromatic N) is 2. The molecule has 0 aromatic heterocycles. The average molecular weight is 859 g/mol. The second-order valence-corrected chi connectivity index (χ2v) is 30.1. The van der Waals surface area contributed by atoms with E-state index >= 15 is 0 Å². The number of hydrogen-bond donors (Lipinski definition) is 0. The first-order valence-corrected chi connectivity index (χ1v) is 27.8. The van der Waals surface area contributed by atoms with Gasteiger partial charge < -0.3 is 17.3 Å². The third-order valence-electron chi connectivity index (χ3n) is 11.9. The molecule has 1 heterocycles. The molecule has 4 aliphatic rings. The van der Waals surface area contributed by atoms with Gasteiger partial charge >= 0.3 is 301 Å². The molecule has 0 radical (unpaired) electrons. The van der Waals surface area contributed by atoms with Gasteiger partial charge in [0.05, 0.1) is 0 Å². The van der Waals surface area contributed by atoms with Crippen molar-refractivity contribution in [3.8, 4) is 0 Å². The summed E-state index contributed by atoms with van der Waals surface area (Å²) in [5.74, 6) is 0. The largest absolute Gasteiger partial charge is 0.673 e. The number of aryl methyl sites for hydroxylation is 6. The number of halogens is 6. The summed E-state index contributed by atoms with van der Waals surface area (Å²) in [6.07, 6.45) is 21.1. The summed E-state index contributed by atoms with van der Waals surface area (Å²) in [7, 11) is 9.08. The van der Waals surface area contributed by atoms with Crippen molar-refractivity contribution in [3.05, 3.63) is 57.6 Å². The van der Waals surface area contributed by atoms with Crippen LogP contribution in [0.4, 0.5) is 28.6 Å². The summed E-state index contributed by atoms with van der Waals surface area (Å²) in [6.45, 7) is 15.5. The maximum Gasteiger partial charge on any atom is 0.673 e. The van der Waals surface area contributed by atoms with Gasteiger partial charge in [-0.3, -0.25) is 0 Å². The van der Waals surface area contributed by atoms with E-state index in [2.05, 4.69) is 80.0 Å². The van der Waals surface area contributed by atoms with Gasteiger partial charge in [-0.2, -0.15) is 0 Å². The first kappa shape index (κ1) is 41.4. The monoisotopic (exact) mass is 858 g/mol. The molecule has 4 fully saturated rings. The molecule has 1 aliphatic heterocycles. The second-order valence-electron chi connectivity index (χ2n) is 15.9. The summed E-state index contributed by atoms with van der Waals surface area (Å²) < 4.78 is 43.2. The predicted molar refractivity (Wildman–Crippen MR) is 216 cm³/mol. The molecule has 288 valence electrons. The molecule has 0 amide bonds. The van der Waals surface area contributed by atoms with Crippen LogP contribution in [0.2, 0.25) is 0 Å². The van der Waals surface area contributed by atoms with Gasteiger partial charge in [-0.05, 0) is 0 Å². The van der Waals surface area contributed by atoms with Crippen molar-refractivity contribution in [2.24, 2.45) is 0 Å². The van der Waals surface area contributed by atoms with Crippen molar-refractivity contribution < 1.29 is 29.2 Å². The smallest absolute Gasteiger partial charge is 0.418 e. The van der Waals surface area contributed by atoms with Crippen molar-refractivity contribution in [1.82, 2.24) is 0 Å². The molecule has 2 nitrogen and oxygen atoms in total. The third-order valence-corrected chi connectivity index (χ3v) is 27.6. The van der Waals surface area contributed by atoms with Crippen LogP contribution < -0.4 is 9.80 Å². The van der Waals surface area contributed by atoms with Gasteiger partial charge in [-0.25, -0.2) is 0 Å². The standard InChI is InChI=1S/C21H26N2.C19H34P.BF4.2ClH.Ru/c1-14-9-16(3)20(17(4)10-14)22-7-8-23(13-22)21-18(5)11-15(2)12-19(21)6;1-20(17-11-5-2-6-12-17,18-13-7-3-8-14-18)19-15-9-4-10-16-19;2-1(3,4)5;;;/h9-12H,7-8H2,1-6H3;1,17-19H,2-16H2;;2*1H;/q;+1;-1;;;+2/p-2. The normalized spacial score (nSPS) is 20.7. The van der Waals surface area contributed by atoms with Crippen LogP contribution in [-0.2, 0) is 11.9 Å². The summed E-state index contributed by atoms with van der Waals surface area (Å²) in [5, 5.41) is 0. The summed E-state index contributed by atoms with van der Waals surface area (Å²) >= 11 is -3.59. The summed E-state index contributed by atoms with van der Waals surface area (Å²) in [5.41, 5.74) is 13.2. The van der Waals surface area contributed by atoms with Gasteiger partial charge in [0.25, 0.3) is 0 Å². The van der Waals surface area contributed by atoms with Crippen LogP contribution in [0.5, 0.6) is 0 Å². The van der Waals surface area contributed by atoms with Crippen molar-refractivity contribution in [1.29, 1.82) is 0 Å². The van der Waals surface area contributed by atoms with E-state index in [1.54, 1.807) is 0 Å². The zero-order valence-electron chi connectivity index (χ0n) is 31.7. The van der Waals surface area contributed by atoms with Gasteiger partial charge in [-0.15, -0.1) is 0 Å². The molecule has 3 saturated carbocycles. The van der Waals surface area contributed by atoms with E-state index in [0.29, 0.717) is 0 Å². The van der Waals surface area contributed by atoms with Crippen LogP contribution >= 0.6 is 26.6 Å². The van der Waals surface area contributed by atoms with Crippen LogP contribution in [0.15, 0.2) is 24.3 Å². The maximum absolute atomic E-state index is 9.75. The van der Waals surface area contributed by atoms with E-state index < -0.39 is 26.4 Å². The topological polar surface area (TPSA) is 6.48 Å². The van der Waals surface area contributed by atoms with Gasteiger partial charge in [-0.1, -0.05) is 0 Å². The van der Waals surface area contributed by atoms with Crippen LogP contribution in [0.3, 0.4) is 0 Å². The molecular weight excluding hydrogens is 798 g/mol. The molecule has 6 rings (SSSR count). The Labute approximate surface area is 316 Å². The van der Waals surface area contributed by atoms with E-state index in [1.165, 1.54) is 145 Å². The molecule has 2 aromatic rings. The number of rotatable bonds is 6. The van der Waals surface area contributed by atoms with E-state index in [1.807, 2.05) is 0 Å². The Bertz CT molecular complexity index is 1480. The minimum absolute atomic E-state index is 0.833. The molecule has 0 atom stereocenters. The number of hydrogen-bond acceptors (Lipinski definition) is 2. The molecule has 2 aromatic carbocycles. The minimum Gasteiger partial charge on any atom is -0.418 e. The zero-order valence-corrected chi connectivity index (χ0v) is 35.8. The predicted octanol–water partition coefficient (Wildman–Crippen LogP) is 13.5. The summed E-state index contributed by atoms with van der Waals surface area (Å²) in [6, 6.07) is 9.42. The van der Waals surface area contributed by atoms with E-state index in [0.717, 1.165) is 30.1 Å². The molecule has 51 heavy (non-hydrogen) atoms. The SMILES string of the molecule is Cc1cc(C)c(N2CCN(c3c(C)cc(C)cc3C)[C]2=[Ru]([Cl])([Cl])=[CH][P+](C2CCCCC2)(C2CCCCC2)C2CCCCC2)c(C)c1.F[B-](F)(F)F. The maximum atomic E-state index is 9.75. The minimum atomic E-state index is -6.00. The molecule has 3 aliphatic carbocycles. The van der Waals surface area contributed by atoms with Crippen LogP contribution in [-0.4, -0.2) is 46.0 Å². The van der Waals surface area contributed by atoms with Crippen molar-refractivity contribution >= 4 is 54.0 Å². The van der Waals surface area contributed by atoms with Crippen molar-refractivity contribution in [3.63, 3.8) is 0 Å². The van der Waals surface area contributed by atoms with E-state index in [4.69, 9.17) is 19.4 Å². The summed E-state index contributed by atoms with van der Waals surface area (Å²) in [4.78, 5) is 5.23. The van der Waals surface area contributed by atoms with Crippen LogP contribution in [0, 0.1) is 41.5 Å². The van der Waals surface area contributed by atoms with Gasteiger partial charge in [0.1, 0.15) is 0 Å². The fraction of sp³-hybridized carbons (Fsp3) is 0.650. The zero-order chi connectivity index (χ0) is 37.1. The fourth-order valence-electron chi connectivity index (χ4n) is 10.3. The van der Waals surface area contributed by atoms with E-state index in [9.17, 15) is 17.3 Å². The van der Waals surface area contributed by atoms with E-state index in [-0.39, 0.29) is 0 Å². The second kappa shape index (κ2) is 17.3. The molecule has 0 N–H and O–H groups in total. The van der Waals surface area contributed by atoms with Crippen LogP contribution in [0.25, 0.3) is 0 Å². The Morgan fingerprint density at radius 3 is 1.12 bits per heavy atom. The molecule has 0 spiro atoms. The fourth-order valence-corrected chi connectivity index (χ4v) is 31.6. The Hall–Kier alpha value is -0.802. The van der Waals surface area contributed by atoms with Crippen molar-refractivity contribution in [2.75, 3.05) is 22.9 Å². The Morgan fingerprint density at radius 2 is 0.843 bits per heavy atom. The molecule has 0 bridgehead atoms. The average Bonchev–Trinajstić information content (AvgIpc) is 3.48. The quantitative estimate of drug-likeness (QED) is 0.162. The third kappa shape index (κ3) is 9.72. The van der Waals surface area contributed by atoms with Crippen LogP contribution in [0.1, 0.15) is 130 Å². The Balaban J connectivity index is 0.000000943. The molecule has 0 unspecified atom stereocenters. The van der Waals surface area contributed by atoms with Gasteiger partial charge in [0.15, 0.2) is 0 Å². The van der Waals surface area contributed by atoms with Crippen molar-refractivity contribution in [2.45, 2.75) is 155 Å². The molecule has 1 saturated heterocycles.